The number of likely N-dealkylation sites (N-methyl/N-ethyl adjacent to an activating group) is 1. The molecule has 0 aromatic carbocycles. The Hall–Kier alpha value is -1.15. The Morgan fingerprint density at radius 3 is 2.21 bits per heavy atom. The van der Waals surface area contributed by atoms with Crippen LogP contribution in [0.5, 0.6) is 0 Å². The number of rotatable bonds is 1. The van der Waals surface area contributed by atoms with Crippen LogP contribution < -0.4 is 0 Å². The largest absolute Gasteiger partial charge is 0.437 e. The maximum absolute atomic E-state index is 12.1. The molecule has 5 nitrogen and oxygen atoms in total. The van der Waals surface area contributed by atoms with Gasteiger partial charge in [-0.3, -0.25) is 4.79 Å². The van der Waals surface area contributed by atoms with Crippen molar-refractivity contribution in [2.45, 2.75) is 18.9 Å². The van der Waals surface area contributed by atoms with Gasteiger partial charge in [0.1, 0.15) is 0 Å². The molecule has 1 aliphatic rings. The van der Waals surface area contributed by atoms with Crippen molar-refractivity contribution in [2.24, 2.45) is 5.10 Å². The first-order valence-corrected chi connectivity index (χ1v) is 3.64. The van der Waals surface area contributed by atoms with Crippen LogP contribution in [-0.4, -0.2) is 45.3 Å². The number of hydrogen-bond donors (Lipinski definition) is 2. The number of hydrazone groups is 1. The summed E-state index contributed by atoms with van der Waals surface area (Å²) in [5.74, 6) is -5.05. The van der Waals surface area contributed by atoms with Crippen molar-refractivity contribution >= 4 is 11.6 Å². The molecular weight excluding hydrogens is 205 g/mol. The van der Waals surface area contributed by atoms with Crippen molar-refractivity contribution in [3.05, 3.63) is 0 Å². The average molecular weight is 212 g/mol. The zero-order valence-electron chi connectivity index (χ0n) is 7.04. The monoisotopic (exact) mass is 212 g/mol. The summed E-state index contributed by atoms with van der Waals surface area (Å²) in [7, 11) is 0. The van der Waals surface area contributed by atoms with E-state index in [2.05, 4.69) is 5.10 Å². The second kappa shape index (κ2) is 2.92. The molecule has 0 saturated carbocycles. The minimum atomic E-state index is -5.04. The predicted octanol–water partition coefficient (Wildman–Crippen LogP) is -0.552. The second-order valence-corrected chi connectivity index (χ2v) is 2.64. The molecule has 1 heterocycles. The van der Waals surface area contributed by atoms with E-state index in [-0.39, 0.29) is 6.54 Å². The zero-order valence-corrected chi connectivity index (χ0v) is 7.04. The molecule has 0 aromatic rings. The third-order valence-electron chi connectivity index (χ3n) is 1.65. The highest BCUT2D eigenvalue weighted by Gasteiger charge is 2.59. The van der Waals surface area contributed by atoms with Crippen LogP contribution in [0.4, 0.5) is 13.2 Å². The van der Waals surface area contributed by atoms with Gasteiger partial charge in [-0.05, 0) is 6.92 Å². The molecule has 0 radical (unpaired) electrons. The summed E-state index contributed by atoms with van der Waals surface area (Å²) in [5.41, 5.74) is -1.91. The Kier molecular flexibility index (Phi) is 2.28. The van der Waals surface area contributed by atoms with Crippen molar-refractivity contribution < 1.29 is 28.2 Å². The summed E-state index contributed by atoms with van der Waals surface area (Å²) in [6.07, 6.45) is -5.04. The normalized spacial score (nSPS) is 21.4. The minimum absolute atomic E-state index is 0.165. The lowest BCUT2D eigenvalue weighted by Crippen LogP contribution is -2.51. The quantitative estimate of drug-likeness (QED) is 0.572. The first-order valence-electron chi connectivity index (χ1n) is 3.64. The lowest BCUT2D eigenvalue weighted by Gasteiger charge is -2.16. The minimum Gasteiger partial charge on any atom is -0.353 e. The van der Waals surface area contributed by atoms with Gasteiger partial charge in [0, 0.05) is 6.54 Å². The van der Waals surface area contributed by atoms with Gasteiger partial charge >= 0.3 is 12.1 Å². The molecule has 0 unspecified atom stereocenters. The Balaban J connectivity index is 3.12. The van der Waals surface area contributed by atoms with Crippen LogP contribution in [-0.2, 0) is 4.79 Å². The number of carbonyl (C=O) groups excluding carboxylic acids is 1. The van der Waals surface area contributed by atoms with Crippen molar-refractivity contribution in [1.29, 1.82) is 0 Å². The molecule has 0 spiro atoms. The number of nitrogens with zero attached hydrogens (tertiary/aromatic N) is 2. The van der Waals surface area contributed by atoms with E-state index >= 15 is 0 Å². The van der Waals surface area contributed by atoms with Gasteiger partial charge < -0.3 is 10.2 Å². The third-order valence-corrected chi connectivity index (χ3v) is 1.65. The van der Waals surface area contributed by atoms with Crippen LogP contribution in [0, 0.1) is 0 Å². The molecule has 8 heteroatoms. The molecule has 1 amide bonds. The number of amides is 1. The van der Waals surface area contributed by atoms with Gasteiger partial charge in [-0.2, -0.15) is 18.3 Å². The summed E-state index contributed by atoms with van der Waals surface area (Å²) in [6, 6.07) is 0. The molecular formula is C6H7F3N2O3. The topological polar surface area (TPSA) is 73.1 Å². The van der Waals surface area contributed by atoms with E-state index in [0.717, 1.165) is 0 Å². The first-order chi connectivity index (χ1) is 6.21. The summed E-state index contributed by atoms with van der Waals surface area (Å²) in [4.78, 5) is 10.9. The van der Waals surface area contributed by atoms with Crippen LogP contribution in [0.25, 0.3) is 0 Å². The van der Waals surface area contributed by atoms with E-state index in [9.17, 15) is 18.0 Å². The molecule has 80 valence electrons. The molecule has 1 aliphatic heterocycles. The van der Waals surface area contributed by atoms with Gasteiger partial charge in [-0.25, -0.2) is 5.01 Å². The third kappa shape index (κ3) is 1.46. The zero-order chi connectivity index (χ0) is 11.1. The maximum Gasteiger partial charge on any atom is 0.437 e. The summed E-state index contributed by atoms with van der Waals surface area (Å²) in [6.45, 7) is 1.19. The van der Waals surface area contributed by atoms with Crippen molar-refractivity contribution in [3.8, 4) is 0 Å². The molecule has 0 bridgehead atoms. The molecule has 0 fully saturated rings. The lowest BCUT2D eigenvalue weighted by molar-refractivity contribution is -0.174. The van der Waals surface area contributed by atoms with Crippen LogP contribution in [0.1, 0.15) is 6.92 Å². The van der Waals surface area contributed by atoms with E-state index in [1.165, 1.54) is 6.92 Å². The van der Waals surface area contributed by atoms with Crippen molar-refractivity contribution in [3.63, 3.8) is 0 Å². The van der Waals surface area contributed by atoms with Crippen LogP contribution in [0.2, 0.25) is 0 Å². The van der Waals surface area contributed by atoms with Gasteiger partial charge in [0.15, 0.2) is 0 Å². The van der Waals surface area contributed by atoms with Gasteiger partial charge in [0.25, 0.3) is 5.79 Å². The van der Waals surface area contributed by atoms with E-state index in [1.54, 1.807) is 0 Å². The standard InChI is InChI=1S/C6H7F3N2O3/c1-2-11-4(12)5(13,14)3(10-11)6(7,8)9/h13-14H,2H2,1H3. The maximum atomic E-state index is 12.1. The predicted molar refractivity (Wildman–Crippen MR) is 38.0 cm³/mol. The average Bonchev–Trinajstić information content (AvgIpc) is 2.23. The molecule has 14 heavy (non-hydrogen) atoms. The Morgan fingerprint density at radius 1 is 1.50 bits per heavy atom. The highest BCUT2D eigenvalue weighted by atomic mass is 19.4. The van der Waals surface area contributed by atoms with Gasteiger partial charge in [-0.1, -0.05) is 0 Å². The fraction of sp³-hybridized carbons (Fsp3) is 0.667. The number of aliphatic hydroxyl groups is 2. The first kappa shape index (κ1) is 10.9. The molecule has 0 aliphatic carbocycles. The Morgan fingerprint density at radius 2 is 2.00 bits per heavy atom. The SMILES string of the molecule is CCN1N=C(C(F)(F)F)C(O)(O)C1=O. The number of alkyl halides is 3. The Bertz CT molecular complexity index is 297. The van der Waals surface area contributed by atoms with Gasteiger partial charge in [0.2, 0.25) is 5.71 Å². The van der Waals surface area contributed by atoms with Gasteiger partial charge in [-0.15, -0.1) is 0 Å². The molecule has 0 saturated heterocycles. The van der Waals surface area contributed by atoms with E-state index in [1.807, 2.05) is 0 Å². The molecule has 0 aromatic heterocycles. The second-order valence-electron chi connectivity index (χ2n) is 2.64. The van der Waals surface area contributed by atoms with E-state index in [4.69, 9.17) is 10.2 Å². The van der Waals surface area contributed by atoms with E-state index < -0.39 is 23.6 Å². The fourth-order valence-corrected chi connectivity index (χ4v) is 0.986. The van der Waals surface area contributed by atoms with Crippen molar-refractivity contribution in [2.75, 3.05) is 6.54 Å². The number of carbonyl (C=O) groups is 1. The van der Waals surface area contributed by atoms with Crippen LogP contribution in [0.3, 0.4) is 0 Å². The number of hydrogen-bond acceptors (Lipinski definition) is 4. The molecule has 1 rings (SSSR count). The van der Waals surface area contributed by atoms with E-state index in [0.29, 0.717) is 5.01 Å². The smallest absolute Gasteiger partial charge is 0.353 e. The summed E-state index contributed by atoms with van der Waals surface area (Å²) >= 11 is 0. The highest BCUT2D eigenvalue weighted by Crippen LogP contribution is 2.29. The lowest BCUT2D eigenvalue weighted by atomic mass is 10.1. The van der Waals surface area contributed by atoms with Crippen molar-refractivity contribution in [1.82, 2.24) is 5.01 Å². The van der Waals surface area contributed by atoms with Crippen LogP contribution >= 0.6 is 0 Å². The fourth-order valence-electron chi connectivity index (χ4n) is 0.986. The number of halogens is 3. The highest BCUT2D eigenvalue weighted by molar-refractivity contribution is 6.15. The Labute approximate surface area is 76.4 Å². The molecule has 0 atom stereocenters. The molecule has 2 N–H and O–H groups in total. The van der Waals surface area contributed by atoms with Gasteiger partial charge in [0.05, 0.1) is 0 Å². The summed E-state index contributed by atoms with van der Waals surface area (Å²) < 4.78 is 36.3. The van der Waals surface area contributed by atoms with Crippen LogP contribution in [0.15, 0.2) is 5.10 Å². The summed E-state index contributed by atoms with van der Waals surface area (Å²) in [5, 5.41) is 20.9.